The Morgan fingerprint density at radius 2 is 1.36 bits per heavy atom. The highest BCUT2D eigenvalue weighted by molar-refractivity contribution is 6.42. The second-order valence-electron chi connectivity index (χ2n) is 8.28. The Bertz CT molecular complexity index is 1200. The predicted octanol–water partition coefficient (Wildman–Crippen LogP) is 5.30. The van der Waals surface area contributed by atoms with Crippen LogP contribution in [0.2, 0.25) is 0 Å². The topological polar surface area (TPSA) is 42.3 Å². The van der Waals surface area contributed by atoms with Gasteiger partial charge in [0.1, 0.15) is 0 Å². The lowest BCUT2D eigenvalue weighted by Gasteiger charge is -2.22. The van der Waals surface area contributed by atoms with Crippen molar-refractivity contribution in [3.05, 3.63) is 131 Å². The summed E-state index contributed by atoms with van der Waals surface area (Å²) in [5.41, 5.74) is 4.83. The Hall–Kier alpha value is -3.92. The van der Waals surface area contributed by atoms with E-state index in [1.807, 2.05) is 96.6 Å². The van der Waals surface area contributed by atoms with Crippen molar-refractivity contribution in [2.24, 2.45) is 0 Å². The number of amides is 1. The molecule has 1 aromatic heterocycles. The molecule has 0 spiro atoms. The fourth-order valence-electron chi connectivity index (χ4n) is 3.87. The fraction of sp³-hybridized carbons (Fsp3) is 0.172. The van der Waals surface area contributed by atoms with Gasteiger partial charge in [-0.3, -0.25) is 9.59 Å². The zero-order valence-electron chi connectivity index (χ0n) is 18.9. The number of benzene rings is 3. The normalized spacial score (nSPS) is 10.7. The van der Waals surface area contributed by atoms with Crippen LogP contribution < -0.4 is 0 Å². The maximum Gasteiger partial charge on any atom is 0.296 e. The molecule has 33 heavy (non-hydrogen) atoms. The van der Waals surface area contributed by atoms with Crippen LogP contribution in [0.15, 0.2) is 103 Å². The molecule has 4 rings (SSSR count). The number of hydrogen-bond donors (Lipinski definition) is 0. The van der Waals surface area contributed by atoms with Crippen molar-refractivity contribution in [2.75, 3.05) is 6.54 Å². The third-order valence-corrected chi connectivity index (χ3v) is 5.75. The van der Waals surface area contributed by atoms with Crippen molar-refractivity contribution in [3.63, 3.8) is 0 Å². The molecule has 0 radical (unpaired) electrons. The van der Waals surface area contributed by atoms with Gasteiger partial charge in [0, 0.05) is 25.8 Å². The highest BCUT2D eigenvalue weighted by atomic mass is 16.2. The molecule has 0 aliphatic heterocycles. The third kappa shape index (κ3) is 5.86. The number of ketones is 1. The van der Waals surface area contributed by atoms with Gasteiger partial charge < -0.3 is 9.47 Å². The van der Waals surface area contributed by atoms with Gasteiger partial charge in [-0.1, -0.05) is 90.5 Å². The summed E-state index contributed by atoms with van der Waals surface area (Å²) in [5.74, 6) is -0.949. The first-order valence-corrected chi connectivity index (χ1v) is 11.2. The largest absolute Gasteiger partial charge is 0.340 e. The summed E-state index contributed by atoms with van der Waals surface area (Å²) in [4.78, 5) is 28.3. The molecule has 0 fully saturated rings. The number of hydrogen-bond acceptors (Lipinski definition) is 2. The van der Waals surface area contributed by atoms with Crippen molar-refractivity contribution in [1.29, 1.82) is 0 Å². The van der Waals surface area contributed by atoms with Crippen LogP contribution in [-0.2, 0) is 24.3 Å². The van der Waals surface area contributed by atoms with E-state index in [2.05, 4.69) is 12.1 Å². The molecule has 4 heteroatoms. The molecular formula is C29H28N2O2. The summed E-state index contributed by atoms with van der Waals surface area (Å²) in [6, 6.07) is 31.6. The maximum atomic E-state index is 13.4. The zero-order valence-corrected chi connectivity index (χ0v) is 18.9. The predicted molar refractivity (Wildman–Crippen MR) is 131 cm³/mol. The second-order valence-corrected chi connectivity index (χ2v) is 8.28. The van der Waals surface area contributed by atoms with Crippen molar-refractivity contribution in [2.45, 2.75) is 26.4 Å². The molecule has 1 heterocycles. The third-order valence-electron chi connectivity index (χ3n) is 5.75. The van der Waals surface area contributed by atoms with Crippen LogP contribution >= 0.6 is 0 Å². The molecular weight excluding hydrogens is 408 g/mol. The molecule has 0 unspecified atom stereocenters. The number of carbonyl (C=O) groups excluding carboxylic acids is 2. The monoisotopic (exact) mass is 436 g/mol. The van der Waals surface area contributed by atoms with E-state index >= 15 is 0 Å². The van der Waals surface area contributed by atoms with Crippen LogP contribution in [0.3, 0.4) is 0 Å². The van der Waals surface area contributed by atoms with Gasteiger partial charge in [-0.15, -0.1) is 0 Å². The highest BCUT2D eigenvalue weighted by Crippen LogP contribution is 2.14. The molecule has 3 aromatic carbocycles. The van der Waals surface area contributed by atoms with E-state index in [1.165, 1.54) is 5.56 Å². The molecule has 0 saturated carbocycles. The summed E-state index contributed by atoms with van der Waals surface area (Å²) < 4.78 is 1.85. The first-order chi connectivity index (χ1) is 16.1. The Balaban J connectivity index is 1.53. The van der Waals surface area contributed by atoms with Crippen LogP contribution in [0.25, 0.3) is 0 Å². The van der Waals surface area contributed by atoms with Gasteiger partial charge in [0.2, 0.25) is 0 Å². The van der Waals surface area contributed by atoms with Crippen LogP contribution in [0, 0.1) is 6.92 Å². The van der Waals surface area contributed by atoms with Gasteiger partial charge in [-0.2, -0.15) is 0 Å². The van der Waals surface area contributed by atoms with Gasteiger partial charge in [0.15, 0.2) is 0 Å². The van der Waals surface area contributed by atoms with E-state index in [0.29, 0.717) is 31.7 Å². The summed E-state index contributed by atoms with van der Waals surface area (Å²) in [7, 11) is 0. The smallest absolute Gasteiger partial charge is 0.296 e. The van der Waals surface area contributed by atoms with Crippen molar-refractivity contribution >= 4 is 11.7 Å². The number of carbonyl (C=O) groups is 2. The molecule has 0 N–H and O–H groups in total. The summed E-state index contributed by atoms with van der Waals surface area (Å²) >= 11 is 0. The molecule has 1 amide bonds. The standard InChI is InChI=1S/C29H28N2O2/c1-23-14-16-26(17-15-23)21-30-19-8-13-27(30)28(32)29(33)31(22-25-11-6-3-7-12-25)20-18-24-9-4-2-5-10-24/h2-17,19H,18,20-22H2,1H3. The lowest BCUT2D eigenvalue weighted by Crippen LogP contribution is -2.38. The van der Waals surface area contributed by atoms with Crippen LogP contribution in [0.1, 0.15) is 32.7 Å². The maximum absolute atomic E-state index is 13.4. The average Bonchev–Trinajstić information content (AvgIpc) is 3.31. The first-order valence-electron chi connectivity index (χ1n) is 11.2. The molecule has 0 atom stereocenters. The van der Waals surface area contributed by atoms with E-state index in [9.17, 15) is 9.59 Å². The Morgan fingerprint density at radius 3 is 2.03 bits per heavy atom. The van der Waals surface area contributed by atoms with Gasteiger partial charge in [-0.25, -0.2) is 0 Å². The van der Waals surface area contributed by atoms with Crippen LogP contribution in [0.5, 0.6) is 0 Å². The molecule has 4 nitrogen and oxygen atoms in total. The molecule has 166 valence electrons. The summed E-state index contributed by atoms with van der Waals surface area (Å²) in [5, 5.41) is 0. The van der Waals surface area contributed by atoms with Crippen LogP contribution in [0.4, 0.5) is 0 Å². The number of rotatable bonds is 9. The van der Waals surface area contributed by atoms with Gasteiger partial charge in [0.25, 0.3) is 11.7 Å². The van der Waals surface area contributed by atoms with Crippen molar-refractivity contribution in [1.82, 2.24) is 9.47 Å². The SMILES string of the molecule is Cc1ccc(Cn2cccc2C(=O)C(=O)N(CCc2ccccc2)Cc2ccccc2)cc1. The minimum Gasteiger partial charge on any atom is -0.340 e. The average molecular weight is 437 g/mol. The molecule has 0 saturated heterocycles. The minimum atomic E-state index is -0.476. The second kappa shape index (κ2) is 10.6. The van der Waals surface area contributed by atoms with Gasteiger partial charge >= 0.3 is 0 Å². The lowest BCUT2D eigenvalue weighted by atomic mass is 10.1. The zero-order chi connectivity index (χ0) is 23.0. The van der Waals surface area contributed by atoms with E-state index in [0.717, 1.165) is 16.7 Å². The lowest BCUT2D eigenvalue weighted by molar-refractivity contribution is -0.127. The van der Waals surface area contributed by atoms with Crippen molar-refractivity contribution < 1.29 is 9.59 Å². The first kappa shape index (κ1) is 22.3. The minimum absolute atomic E-state index is 0.400. The number of aryl methyl sites for hydroxylation is 1. The Morgan fingerprint density at radius 1 is 0.727 bits per heavy atom. The molecule has 0 aliphatic rings. The Labute approximate surface area is 195 Å². The van der Waals surface area contributed by atoms with Crippen molar-refractivity contribution in [3.8, 4) is 0 Å². The Kier molecular flexibility index (Phi) is 7.16. The molecule has 0 bridgehead atoms. The highest BCUT2D eigenvalue weighted by Gasteiger charge is 2.25. The number of nitrogens with zero attached hydrogens (tertiary/aromatic N) is 2. The van der Waals surface area contributed by atoms with Crippen LogP contribution in [-0.4, -0.2) is 27.7 Å². The van der Waals surface area contributed by atoms with Gasteiger partial charge in [0.05, 0.1) is 5.69 Å². The van der Waals surface area contributed by atoms with E-state index in [4.69, 9.17) is 0 Å². The number of Topliss-reactive ketones (excluding diaryl/α,β-unsaturated/α-hetero) is 1. The summed E-state index contributed by atoms with van der Waals surface area (Å²) in [6.45, 7) is 3.47. The quantitative estimate of drug-likeness (QED) is 0.264. The molecule has 4 aromatic rings. The molecule has 0 aliphatic carbocycles. The fourth-order valence-corrected chi connectivity index (χ4v) is 3.87. The van der Waals surface area contributed by atoms with E-state index in [1.54, 1.807) is 11.0 Å². The summed E-state index contributed by atoms with van der Waals surface area (Å²) in [6.07, 6.45) is 2.54. The van der Waals surface area contributed by atoms with E-state index < -0.39 is 11.7 Å². The van der Waals surface area contributed by atoms with E-state index in [-0.39, 0.29) is 0 Å². The number of aromatic nitrogens is 1. The van der Waals surface area contributed by atoms with Gasteiger partial charge in [-0.05, 0) is 42.2 Å².